The molecule has 0 saturated carbocycles. The van der Waals surface area contributed by atoms with E-state index < -0.39 is 35.8 Å². The molecule has 1 aliphatic heterocycles. The molecule has 41 heavy (non-hydrogen) atoms. The summed E-state index contributed by atoms with van der Waals surface area (Å²) in [5.74, 6) is 0. The highest BCUT2D eigenvalue weighted by Crippen LogP contribution is 3.24. The predicted octanol–water partition coefficient (Wildman–Crippen LogP) is 9.47. The van der Waals surface area contributed by atoms with Gasteiger partial charge in [0.05, 0.1) is 0 Å². The summed E-state index contributed by atoms with van der Waals surface area (Å²) in [6.45, 7) is -1.97. The first kappa shape index (κ1) is 27.3. The zero-order chi connectivity index (χ0) is 27.5. The van der Waals surface area contributed by atoms with E-state index in [0.717, 1.165) is 0 Å². The highest BCUT2D eigenvalue weighted by molar-refractivity contribution is 9.17. The lowest BCUT2D eigenvalue weighted by atomic mass is 10.4. The molecule has 0 amide bonds. The van der Waals surface area contributed by atoms with Crippen molar-refractivity contribution < 1.29 is 0 Å². The van der Waals surface area contributed by atoms with E-state index in [2.05, 4.69) is 182 Å². The lowest BCUT2D eigenvalue weighted by Crippen LogP contribution is -2.22. The first-order chi connectivity index (χ1) is 20.4. The number of hydrogen-bond donors (Lipinski definition) is 0. The average Bonchev–Trinajstić information content (AvgIpc) is 3.40. The fraction of sp³-hybridized carbons (Fsp3) is 0. The van der Waals surface area contributed by atoms with Crippen LogP contribution in [-0.2, 0) is 0 Å². The minimum atomic E-state index is -1.97. The third-order valence-electron chi connectivity index (χ3n) is 7.27. The van der Waals surface area contributed by atoms with E-state index in [0.29, 0.717) is 0 Å². The minimum absolute atomic E-state index is 0.510. The molecule has 0 aromatic heterocycles. The van der Waals surface area contributed by atoms with Gasteiger partial charge in [-0.15, -0.1) is 0 Å². The van der Waals surface area contributed by atoms with Crippen molar-refractivity contribution in [1.29, 1.82) is 0 Å². The van der Waals surface area contributed by atoms with Crippen molar-refractivity contribution in [3.8, 4) is 0 Å². The molecule has 0 bridgehead atoms. The summed E-state index contributed by atoms with van der Waals surface area (Å²) in [6.07, 6.45) is 0. The van der Waals surface area contributed by atoms with Crippen molar-refractivity contribution in [2.24, 2.45) is 0 Å². The van der Waals surface area contributed by atoms with E-state index in [9.17, 15) is 0 Å². The second kappa shape index (κ2) is 12.4. The second-order valence-corrected chi connectivity index (χ2v) is 34.3. The van der Waals surface area contributed by atoms with Gasteiger partial charge >= 0.3 is 0 Å². The SMILES string of the molecule is c1ccc(P2P(c3ccccc3)P(c3ccccc3)[P+](c3ccccc3)(c3ccccc3)P2c2ccccc2)cc1. The topological polar surface area (TPSA) is 0 Å². The molecular weight excluding hydrogens is 587 g/mol. The zero-order valence-electron chi connectivity index (χ0n) is 22.6. The van der Waals surface area contributed by atoms with Crippen LogP contribution in [0, 0.1) is 0 Å². The van der Waals surface area contributed by atoms with E-state index in [-0.39, 0.29) is 0 Å². The molecule has 7 rings (SSSR count). The van der Waals surface area contributed by atoms with Crippen LogP contribution in [-0.4, -0.2) is 0 Å². The summed E-state index contributed by atoms with van der Waals surface area (Å²) >= 11 is 0. The molecule has 0 nitrogen and oxygen atoms in total. The van der Waals surface area contributed by atoms with Crippen LogP contribution in [0.15, 0.2) is 182 Å². The Morgan fingerprint density at radius 3 is 0.805 bits per heavy atom. The van der Waals surface area contributed by atoms with Gasteiger partial charge in [-0.3, -0.25) is 0 Å². The Hall–Kier alpha value is -2.53. The maximum absolute atomic E-state index is 2.47. The van der Waals surface area contributed by atoms with Gasteiger partial charge in [-0.05, 0) is 34.9 Å². The molecule has 1 heterocycles. The van der Waals surface area contributed by atoms with Gasteiger partial charge in [-0.2, -0.15) is 0 Å². The van der Waals surface area contributed by atoms with Crippen LogP contribution in [0.3, 0.4) is 0 Å². The molecule has 4 unspecified atom stereocenters. The molecule has 4 atom stereocenters. The molecule has 0 N–H and O–H groups in total. The van der Waals surface area contributed by atoms with Gasteiger partial charge in [-0.1, -0.05) is 158 Å². The van der Waals surface area contributed by atoms with Crippen molar-refractivity contribution in [1.82, 2.24) is 0 Å². The van der Waals surface area contributed by atoms with Gasteiger partial charge in [0, 0.05) is 25.2 Å². The molecule has 5 heteroatoms. The molecule has 0 radical (unpaired) electrons. The van der Waals surface area contributed by atoms with Crippen LogP contribution in [0.25, 0.3) is 0 Å². The van der Waals surface area contributed by atoms with Crippen LogP contribution >= 0.6 is 35.8 Å². The lowest BCUT2D eigenvalue weighted by molar-refractivity contribution is 1.75. The Bertz CT molecular complexity index is 1550. The lowest BCUT2D eigenvalue weighted by Gasteiger charge is -2.34. The van der Waals surface area contributed by atoms with Gasteiger partial charge < -0.3 is 0 Å². The molecule has 1 saturated heterocycles. The Morgan fingerprint density at radius 1 is 0.268 bits per heavy atom. The van der Waals surface area contributed by atoms with Crippen molar-refractivity contribution in [2.75, 3.05) is 0 Å². The first-order valence-corrected chi connectivity index (χ1v) is 24.5. The molecule has 6 aromatic carbocycles. The molecule has 1 aliphatic rings. The van der Waals surface area contributed by atoms with E-state index in [1.165, 1.54) is 0 Å². The third-order valence-corrected chi connectivity index (χ3v) is 53.4. The van der Waals surface area contributed by atoms with Crippen LogP contribution in [0.2, 0.25) is 0 Å². The van der Waals surface area contributed by atoms with Crippen LogP contribution in [0.5, 0.6) is 0 Å². The fourth-order valence-electron chi connectivity index (χ4n) is 5.58. The monoisotopic (exact) mass is 617 g/mol. The van der Waals surface area contributed by atoms with Gasteiger partial charge in [0.25, 0.3) is 0 Å². The largest absolute Gasteiger partial charge is 0.134 e. The van der Waals surface area contributed by atoms with Crippen molar-refractivity contribution >= 4 is 67.7 Å². The predicted molar refractivity (Wildman–Crippen MR) is 191 cm³/mol. The average molecular weight is 618 g/mol. The summed E-state index contributed by atoms with van der Waals surface area (Å²) < 4.78 is 0. The van der Waals surface area contributed by atoms with Gasteiger partial charge in [0.1, 0.15) is 31.8 Å². The van der Waals surface area contributed by atoms with Crippen molar-refractivity contribution in [2.45, 2.75) is 0 Å². The fourth-order valence-corrected chi connectivity index (χ4v) is 81.1. The number of rotatable bonds is 6. The van der Waals surface area contributed by atoms with E-state index in [1.807, 2.05) is 0 Å². The number of benzene rings is 6. The summed E-state index contributed by atoms with van der Waals surface area (Å²) in [5.41, 5.74) is 0. The Labute approximate surface area is 248 Å². The molecular formula is C36H30P5+. The third kappa shape index (κ3) is 4.96. The molecule has 0 aliphatic carbocycles. The molecule has 0 spiro atoms. The van der Waals surface area contributed by atoms with Crippen LogP contribution < -0.4 is 31.8 Å². The van der Waals surface area contributed by atoms with E-state index in [1.54, 1.807) is 31.8 Å². The van der Waals surface area contributed by atoms with E-state index in [4.69, 9.17) is 0 Å². The maximum atomic E-state index is 2.47. The summed E-state index contributed by atoms with van der Waals surface area (Å²) in [7, 11) is -2.16. The van der Waals surface area contributed by atoms with E-state index >= 15 is 0 Å². The quantitative estimate of drug-likeness (QED) is 0.163. The van der Waals surface area contributed by atoms with Gasteiger partial charge in [-0.25, -0.2) is 0 Å². The zero-order valence-corrected chi connectivity index (χ0v) is 27.0. The summed E-state index contributed by atoms with van der Waals surface area (Å²) in [6, 6.07) is 69.9. The Morgan fingerprint density at radius 2 is 0.512 bits per heavy atom. The summed E-state index contributed by atoms with van der Waals surface area (Å²) in [4.78, 5) is 0. The Balaban J connectivity index is 1.67. The second-order valence-electron chi connectivity index (χ2n) is 9.77. The van der Waals surface area contributed by atoms with Crippen LogP contribution in [0.1, 0.15) is 0 Å². The van der Waals surface area contributed by atoms with Crippen molar-refractivity contribution in [3.63, 3.8) is 0 Å². The summed E-state index contributed by atoms with van der Waals surface area (Å²) in [5, 5.41) is 9.38. The molecule has 6 aromatic rings. The Kier molecular flexibility index (Phi) is 8.24. The van der Waals surface area contributed by atoms with Gasteiger partial charge in [0.2, 0.25) is 0 Å². The highest BCUT2D eigenvalue weighted by Gasteiger charge is 2.71. The normalized spacial score (nSPS) is 21.4. The molecule has 1 fully saturated rings. The minimum Gasteiger partial charge on any atom is -0.0622 e. The highest BCUT2D eigenvalue weighted by atomic mass is 33.0. The molecule has 198 valence electrons. The standard InChI is InChI=1S/C36H30P5/c1-7-19-31(20-8-1)37-38(32-21-9-2-10-22-32)40(34-25-13-4-14-26-34)41(35-27-15-5-16-28-35,36-29-17-6-18-30-36)39(37)33-23-11-3-12-24-33/h1-30H/q+1. The number of hydrogen-bond acceptors (Lipinski definition) is 0. The smallest absolute Gasteiger partial charge is 0.0622 e. The van der Waals surface area contributed by atoms with Crippen LogP contribution in [0.4, 0.5) is 0 Å². The van der Waals surface area contributed by atoms with Gasteiger partial charge in [0.15, 0.2) is 0 Å². The van der Waals surface area contributed by atoms with Crippen molar-refractivity contribution in [3.05, 3.63) is 182 Å². The first-order valence-electron chi connectivity index (χ1n) is 13.8. The maximum Gasteiger partial charge on any atom is 0.134 e.